The lowest BCUT2D eigenvalue weighted by molar-refractivity contribution is 0.315. The van der Waals surface area contributed by atoms with Gasteiger partial charge in [0.1, 0.15) is 11.0 Å². The van der Waals surface area contributed by atoms with Gasteiger partial charge in [-0.1, -0.05) is 312 Å². The molecular formula is C96H94N4O. The number of unbranched alkanes of at least 4 members (excludes halogenated alkanes) is 12. The van der Waals surface area contributed by atoms with Crippen molar-refractivity contribution in [3.63, 3.8) is 0 Å². The zero-order valence-corrected chi connectivity index (χ0v) is 59.6. The molecule has 101 heavy (non-hydrogen) atoms. The minimum absolute atomic E-state index is 0.142. The number of aromatic nitrogens is 4. The van der Waals surface area contributed by atoms with E-state index in [2.05, 4.69) is 293 Å². The summed E-state index contributed by atoms with van der Waals surface area (Å²) in [6, 6.07) is 86.5. The fourth-order valence-corrected chi connectivity index (χ4v) is 17.1. The molecule has 0 unspecified atom stereocenters. The van der Waals surface area contributed by atoms with Gasteiger partial charge in [0, 0.05) is 32.7 Å². The van der Waals surface area contributed by atoms with E-state index in [0.29, 0.717) is 0 Å². The topological polar surface area (TPSA) is 64.7 Å². The molecule has 0 radical (unpaired) electrons. The molecule has 13 aromatic rings. The molecule has 0 aliphatic heterocycles. The fourth-order valence-electron chi connectivity index (χ4n) is 17.1. The van der Waals surface area contributed by atoms with Gasteiger partial charge in [-0.3, -0.25) is 0 Å². The van der Waals surface area contributed by atoms with Crippen molar-refractivity contribution >= 4 is 57.1 Å². The van der Waals surface area contributed by atoms with Gasteiger partial charge in [-0.15, -0.1) is 0 Å². The van der Waals surface area contributed by atoms with Gasteiger partial charge < -0.3 is 0 Å². The van der Waals surface area contributed by atoms with E-state index in [1.165, 1.54) is 168 Å². The van der Waals surface area contributed by atoms with Crippen LogP contribution in [0.4, 0.5) is 0 Å². The molecule has 504 valence electrons. The van der Waals surface area contributed by atoms with Crippen LogP contribution in [-0.2, 0) is 10.8 Å². The third kappa shape index (κ3) is 13.5. The second-order valence-corrected chi connectivity index (χ2v) is 28.9. The molecule has 0 fully saturated rings. The van der Waals surface area contributed by atoms with Crippen molar-refractivity contribution < 1.29 is 4.63 Å². The molecule has 0 amide bonds. The van der Waals surface area contributed by atoms with E-state index in [9.17, 15) is 0 Å². The highest BCUT2D eigenvalue weighted by atomic mass is 16.6. The lowest BCUT2D eigenvalue weighted by Crippen LogP contribution is -2.25. The average molecular weight is 1320 g/mol. The van der Waals surface area contributed by atoms with Gasteiger partial charge in [-0.2, -0.15) is 0 Å². The first kappa shape index (κ1) is 66.8. The average Bonchev–Trinajstić information content (AvgIpc) is 1.57. The van der Waals surface area contributed by atoms with Crippen molar-refractivity contribution in [1.82, 2.24) is 20.3 Å². The summed E-state index contributed by atoms with van der Waals surface area (Å²) in [5, 5.41) is 11.5. The van der Waals surface area contributed by atoms with E-state index in [1.54, 1.807) is 0 Å². The molecular weight excluding hydrogens is 1230 g/mol. The molecule has 0 spiro atoms. The van der Waals surface area contributed by atoms with Crippen LogP contribution in [0.15, 0.2) is 235 Å². The Hall–Kier alpha value is -10.1. The Morgan fingerprint density at radius 3 is 1.04 bits per heavy atom. The molecule has 3 aromatic heterocycles. The molecule has 10 aromatic carbocycles. The van der Waals surface area contributed by atoms with Crippen molar-refractivity contribution in [1.29, 1.82) is 0 Å². The Kier molecular flexibility index (Phi) is 20.1. The van der Waals surface area contributed by atoms with E-state index in [4.69, 9.17) is 14.6 Å². The standard InChI is InChI=1S/C96H94N4O/c1-5-9-13-27-57-95(58-28-14-10-6-2)87-63-71(67-31-19-17-20-32-67)43-51-81(87)83-53-45-75(65-89(83)95)85-61-73(42-50-78-48-40-70-36-24-26-38-92(70)98-78)86(62-72(85)41-49-77-47-39-69-35-23-25-37-91(69)97-77)76-46-54-84-82-52-44-74(80-56-55-79(68-33-21-18-22-34-68)93-94(80)100-101-99-93)64-88(82)96(90(84)66-76,59-29-15-11-7-3)60-30-16-12-8-4/h17-26,31-56,61-66H,5-16,27-30,57-60H2,1-4H3/b49-41+,50-42+. The van der Waals surface area contributed by atoms with Gasteiger partial charge in [0.25, 0.3) is 0 Å². The Labute approximate surface area is 598 Å². The zero-order valence-electron chi connectivity index (χ0n) is 59.6. The summed E-state index contributed by atoms with van der Waals surface area (Å²) in [6.07, 6.45) is 32.9. The summed E-state index contributed by atoms with van der Waals surface area (Å²) in [6.45, 7) is 9.35. The summed E-state index contributed by atoms with van der Waals surface area (Å²) in [5.41, 5.74) is 30.3. The maximum absolute atomic E-state index is 5.62. The number of hydrogen-bond donors (Lipinski definition) is 0. The van der Waals surface area contributed by atoms with Crippen LogP contribution >= 0.6 is 0 Å². The molecule has 2 aliphatic rings. The molecule has 15 rings (SSSR count). The van der Waals surface area contributed by atoms with Crippen molar-refractivity contribution in [3.8, 4) is 77.9 Å². The number of para-hydroxylation sites is 2. The normalized spacial score (nSPS) is 13.4. The Morgan fingerprint density at radius 1 is 0.277 bits per heavy atom. The predicted octanol–water partition coefficient (Wildman–Crippen LogP) is 27.4. The van der Waals surface area contributed by atoms with Crippen LogP contribution in [0.1, 0.15) is 201 Å². The minimum Gasteiger partial charge on any atom is -0.248 e. The van der Waals surface area contributed by atoms with Crippen LogP contribution in [0, 0.1) is 0 Å². The lowest BCUT2D eigenvalue weighted by Gasteiger charge is -2.34. The Morgan fingerprint density at radius 2 is 0.624 bits per heavy atom. The van der Waals surface area contributed by atoms with Crippen molar-refractivity contribution in [2.75, 3.05) is 0 Å². The van der Waals surface area contributed by atoms with Gasteiger partial charge in [-0.05, 0) is 209 Å². The first-order valence-electron chi connectivity index (χ1n) is 38.1. The molecule has 5 nitrogen and oxygen atoms in total. The van der Waals surface area contributed by atoms with Crippen LogP contribution in [0.3, 0.4) is 0 Å². The highest BCUT2D eigenvalue weighted by Crippen LogP contribution is 2.58. The minimum atomic E-state index is -0.234. The molecule has 0 bridgehead atoms. The third-order valence-electron chi connectivity index (χ3n) is 22.4. The number of pyridine rings is 2. The maximum Gasteiger partial charge on any atom is 0.143 e. The lowest BCUT2D eigenvalue weighted by atomic mass is 9.69. The van der Waals surface area contributed by atoms with E-state index >= 15 is 0 Å². The quantitative estimate of drug-likeness (QED) is 0.0437. The van der Waals surface area contributed by atoms with Gasteiger partial charge in [0.15, 0.2) is 0 Å². The van der Waals surface area contributed by atoms with Crippen molar-refractivity contribution in [2.24, 2.45) is 0 Å². The number of rotatable bonds is 29. The largest absolute Gasteiger partial charge is 0.248 e. The molecule has 3 heterocycles. The highest BCUT2D eigenvalue weighted by molar-refractivity contribution is 6.01. The van der Waals surface area contributed by atoms with E-state index in [-0.39, 0.29) is 10.8 Å². The van der Waals surface area contributed by atoms with Crippen molar-refractivity contribution in [3.05, 3.63) is 275 Å². The van der Waals surface area contributed by atoms with Crippen LogP contribution in [0.25, 0.3) is 135 Å². The number of nitrogens with zero attached hydrogens (tertiary/aromatic N) is 4. The third-order valence-corrected chi connectivity index (χ3v) is 22.4. The Balaban J connectivity index is 0.935. The van der Waals surface area contributed by atoms with Gasteiger partial charge in [-0.25, -0.2) is 14.6 Å². The second-order valence-electron chi connectivity index (χ2n) is 28.9. The smallest absolute Gasteiger partial charge is 0.143 e. The molecule has 0 saturated carbocycles. The van der Waals surface area contributed by atoms with Crippen LogP contribution in [0.2, 0.25) is 0 Å². The first-order chi connectivity index (χ1) is 49.9. The Bertz CT molecular complexity index is 5120. The summed E-state index contributed by atoms with van der Waals surface area (Å²) in [4.78, 5) is 10.5. The van der Waals surface area contributed by atoms with Crippen LogP contribution in [-0.4, -0.2) is 20.3 Å². The first-order valence-corrected chi connectivity index (χ1v) is 38.1. The summed E-state index contributed by atoms with van der Waals surface area (Å²) < 4.78 is 5.62. The summed E-state index contributed by atoms with van der Waals surface area (Å²) >= 11 is 0. The van der Waals surface area contributed by atoms with Gasteiger partial charge >= 0.3 is 0 Å². The molecule has 5 heteroatoms. The van der Waals surface area contributed by atoms with Gasteiger partial charge in [0.2, 0.25) is 0 Å². The number of fused-ring (bicyclic) bond motifs is 9. The zero-order chi connectivity index (χ0) is 68.5. The van der Waals surface area contributed by atoms with Crippen LogP contribution in [0.5, 0.6) is 0 Å². The molecule has 2 aliphatic carbocycles. The summed E-state index contributed by atoms with van der Waals surface area (Å²) in [7, 11) is 0. The predicted molar refractivity (Wildman–Crippen MR) is 428 cm³/mol. The second kappa shape index (κ2) is 30.4. The maximum atomic E-state index is 5.62. The summed E-state index contributed by atoms with van der Waals surface area (Å²) in [5.74, 6) is 0. The molecule has 0 saturated heterocycles. The fraction of sp³-hybridized carbons (Fsp3) is 0.271. The van der Waals surface area contributed by atoms with E-state index in [0.717, 1.165) is 116 Å². The van der Waals surface area contributed by atoms with E-state index in [1.807, 2.05) is 0 Å². The molecule has 0 N–H and O–H groups in total. The SMILES string of the molecule is CCCCCCC1(CCCCCC)c2cc(-c3ccccc3)ccc2-c2ccc(-c3cc(/C=C/c4ccc5ccccc5n4)c(-c4ccc5c(c4)C(CCCCCC)(CCCCCC)c4cc(-c6ccc(-c7ccccc7)c7nonc67)ccc4-5)cc3/C=C/c3ccc4ccccc4n3)cc21. The van der Waals surface area contributed by atoms with Crippen molar-refractivity contribution in [2.45, 2.75) is 167 Å². The highest BCUT2D eigenvalue weighted by Gasteiger charge is 2.45. The van der Waals surface area contributed by atoms with Crippen LogP contribution < -0.4 is 0 Å². The number of benzene rings is 10. The van der Waals surface area contributed by atoms with Gasteiger partial charge in [0.05, 0.1) is 22.4 Å². The molecule has 0 atom stereocenters. The van der Waals surface area contributed by atoms with E-state index < -0.39 is 0 Å². The number of hydrogen-bond acceptors (Lipinski definition) is 5. The monoisotopic (exact) mass is 1320 g/mol.